The molecule has 1 fully saturated rings. The predicted molar refractivity (Wildman–Crippen MR) is 92.4 cm³/mol. The number of rotatable bonds is 7. The number of hydrogen-bond acceptors (Lipinski definition) is 3. The first-order valence-electron chi connectivity index (χ1n) is 7.52. The van der Waals surface area contributed by atoms with Gasteiger partial charge in [-0.05, 0) is 61.7 Å². The number of nitrogens with two attached hydrogens (primary N) is 1. The summed E-state index contributed by atoms with van der Waals surface area (Å²) in [7, 11) is 0. The molecule has 2 rings (SSSR count). The highest BCUT2D eigenvalue weighted by Crippen LogP contribution is 2.39. The Morgan fingerprint density at radius 2 is 2.19 bits per heavy atom. The van der Waals surface area contributed by atoms with Gasteiger partial charge in [-0.25, -0.2) is 0 Å². The lowest BCUT2D eigenvalue weighted by Gasteiger charge is -2.33. The predicted octanol–water partition coefficient (Wildman–Crippen LogP) is 3.57. The number of nitrogens with one attached hydrogen (secondary N) is 1. The van der Waals surface area contributed by atoms with Gasteiger partial charge >= 0.3 is 0 Å². The molecule has 116 valence electrons. The van der Waals surface area contributed by atoms with E-state index in [2.05, 4.69) is 45.5 Å². The van der Waals surface area contributed by atoms with Crippen molar-refractivity contribution in [2.75, 3.05) is 12.3 Å². The van der Waals surface area contributed by atoms with Crippen LogP contribution in [-0.2, 0) is 4.79 Å². The molecular formula is C16H23BrN2OS. The second-order valence-electron chi connectivity index (χ2n) is 5.55. The maximum atomic E-state index is 11.9. The number of likely N-dealkylation sites (N-methyl/N-ethyl adjacent to an activating group) is 1. The van der Waals surface area contributed by atoms with E-state index < -0.39 is 5.54 Å². The van der Waals surface area contributed by atoms with Crippen LogP contribution in [0.5, 0.6) is 0 Å². The smallest absolute Gasteiger partial charge is 0.238 e. The maximum absolute atomic E-state index is 11.9. The molecule has 3 nitrogen and oxygen atoms in total. The van der Waals surface area contributed by atoms with Crippen LogP contribution in [0.25, 0.3) is 0 Å². The van der Waals surface area contributed by atoms with Crippen LogP contribution in [0.3, 0.4) is 0 Å². The van der Waals surface area contributed by atoms with E-state index >= 15 is 0 Å². The largest absolute Gasteiger partial charge is 0.368 e. The molecule has 0 saturated heterocycles. The molecule has 1 aromatic carbocycles. The van der Waals surface area contributed by atoms with E-state index in [1.807, 2.05) is 18.7 Å². The zero-order chi connectivity index (χ0) is 15.3. The average Bonchev–Trinajstić information content (AvgIpc) is 2.86. The topological polar surface area (TPSA) is 55.1 Å². The summed E-state index contributed by atoms with van der Waals surface area (Å²) in [6.45, 7) is 2.83. The van der Waals surface area contributed by atoms with Crippen LogP contribution in [0.2, 0.25) is 0 Å². The van der Waals surface area contributed by atoms with Crippen LogP contribution in [0, 0.1) is 5.92 Å². The van der Waals surface area contributed by atoms with E-state index in [0.717, 1.165) is 42.5 Å². The van der Waals surface area contributed by atoms with Crippen LogP contribution < -0.4 is 11.1 Å². The summed E-state index contributed by atoms with van der Waals surface area (Å²) < 4.78 is 1.10. The van der Waals surface area contributed by atoms with Gasteiger partial charge in [0.25, 0.3) is 0 Å². The molecule has 0 aliphatic heterocycles. The minimum Gasteiger partial charge on any atom is -0.368 e. The van der Waals surface area contributed by atoms with Gasteiger partial charge in [-0.2, -0.15) is 0 Å². The summed E-state index contributed by atoms with van der Waals surface area (Å²) >= 11 is 5.29. The monoisotopic (exact) mass is 370 g/mol. The van der Waals surface area contributed by atoms with Crippen LogP contribution >= 0.6 is 27.7 Å². The van der Waals surface area contributed by atoms with Gasteiger partial charge in [0.05, 0.1) is 0 Å². The molecule has 0 heterocycles. The van der Waals surface area contributed by atoms with Gasteiger partial charge in [-0.15, -0.1) is 11.8 Å². The van der Waals surface area contributed by atoms with Crippen molar-refractivity contribution in [3.8, 4) is 0 Å². The van der Waals surface area contributed by atoms with Crippen molar-refractivity contribution in [2.45, 2.75) is 43.0 Å². The molecule has 21 heavy (non-hydrogen) atoms. The fourth-order valence-corrected chi connectivity index (χ4v) is 4.51. The Labute approximate surface area is 139 Å². The Bertz CT molecular complexity index is 480. The number of thioether (sulfide) groups is 1. The third-order valence-corrected chi connectivity index (χ3v) is 5.88. The Kier molecular flexibility index (Phi) is 6.14. The highest BCUT2D eigenvalue weighted by molar-refractivity contribution is 9.10. The molecule has 0 aromatic heterocycles. The molecule has 2 unspecified atom stereocenters. The number of carbonyl (C=O) groups excluding carboxylic acids is 1. The first kappa shape index (κ1) is 16.8. The van der Waals surface area contributed by atoms with Crippen LogP contribution in [-0.4, -0.2) is 23.7 Å². The highest BCUT2D eigenvalue weighted by atomic mass is 79.9. The van der Waals surface area contributed by atoms with E-state index in [4.69, 9.17) is 5.73 Å². The highest BCUT2D eigenvalue weighted by Gasteiger charge is 2.46. The molecule has 1 aliphatic rings. The fourth-order valence-electron chi connectivity index (χ4n) is 3.28. The fraction of sp³-hybridized carbons (Fsp3) is 0.562. The van der Waals surface area contributed by atoms with Crippen molar-refractivity contribution >= 4 is 33.6 Å². The quantitative estimate of drug-likeness (QED) is 0.721. The van der Waals surface area contributed by atoms with Crippen molar-refractivity contribution in [3.63, 3.8) is 0 Å². The zero-order valence-electron chi connectivity index (χ0n) is 12.4. The average molecular weight is 371 g/mol. The lowest BCUT2D eigenvalue weighted by molar-refractivity contribution is -0.125. The molecule has 1 amide bonds. The van der Waals surface area contributed by atoms with Crippen LogP contribution in [0.4, 0.5) is 0 Å². The summed E-state index contributed by atoms with van der Waals surface area (Å²) in [4.78, 5) is 13.2. The third kappa shape index (κ3) is 4.02. The minimum absolute atomic E-state index is 0.180. The number of hydrogen-bond donors (Lipinski definition) is 2. The summed E-state index contributed by atoms with van der Waals surface area (Å²) in [5, 5.41) is 3.37. The van der Waals surface area contributed by atoms with Crippen molar-refractivity contribution in [1.82, 2.24) is 5.32 Å². The third-order valence-electron chi connectivity index (χ3n) is 4.30. The molecule has 5 heteroatoms. The number of amides is 1. The first-order valence-corrected chi connectivity index (χ1v) is 9.29. The van der Waals surface area contributed by atoms with Gasteiger partial charge in [0.1, 0.15) is 5.54 Å². The molecule has 1 aliphatic carbocycles. The van der Waals surface area contributed by atoms with Gasteiger partial charge in [-0.3, -0.25) is 4.79 Å². The zero-order valence-corrected chi connectivity index (χ0v) is 14.8. The van der Waals surface area contributed by atoms with Gasteiger partial charge in [0, 0.05) is 9.37 Å². The number of carbonyl (C=O) groups is 1. The number of halogens is 1. The molecule has 0 spiro atoms. The lowest BCUT2D eigenvalue weighted by atomic mass is 9.84. The normalized spacial score (nSPS) is 25.1. The summed E-state index contributed by atoms with van der Waals surface area (Å²) in [5.74, 6) is 1.20. The van der Waals surface area contributed by atoms with Crippen molar-refractivity contribution in [2.24, 2.45) is 11.7 Å². The Balaban J connectivity index is 1.92. The van der Waals surface area contributed by atoms with Gasteiger partial charge < -0.3 is 11.1 Å². The minimum atomic E-state index is -0.477. The molecule has 1 aromatic rings. The maximum Gasteiger partial charge on any atom is 0.238 e. The molecule has 1 saturated carbocycles. The van der Waals surface area contributed by atoms with Crippen LogP contribution in [0.15, 0.2) is 33.6 Å². The Morgan fingerprint density at radius 1 is 1.48 bits per heavy atom. The standard InChI is InChI=1S/C16H23BrN2OS/c1-2-19-16(15(18)20)10-3-4-12(16)9-11-21-14-7-5-13(17)6-8-14/h5-8,12,19H,2-4,9-11H2,1H3,(H2,18,20). The summed E-state index contributed by atoms with van der Waals surface area (Å²) in [5.41, 5.74) is 5.22. The Hall–Kier alpha value is -0.520. The summed E-state index contributed by atoms with van der Waals surface area (Å²) in [6.07, 6.45) is 4.08. The molecule has 2 atom stereocenters. The second-order valence-corrected chi connectivity index (χ2v) is 7.63. The van der Waals surface area contributed by atoms with E-state index in [1.54, 1.807) is 0 Å². The van der Waals surface area contributed by atoms with E-state index in [-0.39, 0.29) is 5.91 Å². The molecule has 0 bridgehead atoms. The van der Waals surface area contributed by atoms with Crippen molar-refractivity contribution in [3.05, 3.63) is 28.7 Å². The Morgan fingerprint density at radius 3 is 2.81 bits per heavy atom. The van der Waals surface area contributed by atoms with Crippen molar-refractivity contribution < 1.29 is 4.79 Å². The first-order chi connectivity index (χ1) is 10.1. The van der Waals surface area contributed by atoms with Gasteiger partial charge in [0.2, 0.25) is 5.91 Å². The van der Waals surface area contributed by atoms with E-state index in [9.17, 15) is 4.79 Å². The van der Waals surface area contributed by atoms with Crippen LogP contribution in [0.1, 0.15) is 32.6 Å². The van der Waals surface area contributed by atoms with E-state index in [1.165, 1.54) is 4.90 Å². The molecule has 0 radical (unpaired) electrons. The van der Waals surface area contributed by atoms with Gasteiger partial charge in [-0.1, -0.05) is 29.3 Å². The van der Waals surface area contributed by atoms with Crippen molar-refractivity contribution in [1.29, 1.82) is 0 Å². The SMILES string of the molecule is CCNC1(C(N)=O)CCCC1CCSc1ccc(Br)cc1. The molecular weight excluding hydrogens is 348 g/mol. The van der Waals surface area contributed by atoms with E-state index in [0.29, 0.717) is 5.92 Å². The number of primary amides is 1. The lowest BCUT2D eigenvalue weighted by Crippen LogP contribution is -2.57. The number of benzene rings is 1. The second kappa shape index (κ2) is 7.65. The van der Waals surface area contributed by atoms with Gasteiger partial charge in [0.15, 0.2) is 0 Å². The summed E-state index contributed by atoms with van der Waals surface area (Å²) in [6, 6.07) is 8.36. The molecule has 3 N–H and O–H groups in total.